The van der Waals surface area contributed by atoms with Gasteiger partial charge in [-0.25, -0.2) is 4.98 Å². The first-order valence-electron chi connectivity index (χ1n) is 5.68. The molecular weight excluding hydrogens is 264 g/mol. The van der Waals surface area contributed by atoms with Crippen LogP contribution in [0.5, 0.6) is 0 Å². The lowest BCUT2D eigenvalue weighted by Gasteiger charge is -1.96. The van der Waals surface area contributed by atoms with E-state index < -0.39 is 4.92 Å². The number of aromatic nitrogens is 1. The first-order chi connectivity index (χ1) is 9.20. The molecule has 6 nitrogen and oxygen atoms in total. The SMILES string of the molecule is CC/C=N/Nc1nc(-c2ccc([N+](=O)[O-])cc2)cs1. The average molecular weight is 276 g/mol. The third kappa shape index (κ3) is 3.35. The molecular formula is C12H12N4O2S. The summed E-state index contributed by atoms with van der Waals surface area (Å²) in [5, 5.41) is 17.1. The molecule has 0 aliphatic heterocycles. The first kappa shape index (κ1) is 13.2. The van der Waals surface area contributed by atoms with E-state index in [0.717, 1.165) is 17.7 Å². The fourth-order valence-electron chi connectivity index (χ4n) is 1.40. The van der Waals surface area contributed by atoms with Crippen molar-refractivity contribution in [2.45, 2.75) is 13.3 Å². The molecule has 0 saturated carbocycles. The number of nitro benzene ring substituents is 1. The predicted octanol–water partition coefficient (Wildman–Crippen LogP) is 3.53. The van der Waals surface area contributed by atoms with E-state index in [9.17, 15) is 10.1 Å². The van der Waals surface area contributed by atoms with Crippen LogP contribution in [0.2, 0.25) is 0 Å². The number of rotatable bonds is 5. The van der Waals surface area contributed by atoms with E-state index >= 15 is 0 Å². The number of nitrogens with one attached hydrogen (secondary N) is 1. The highest BCUT2D eigenvalue weighted by molar-refractivity contribution is 7.14. The molecule has 0 saturated heterocycles. The fourth-order valence-corrected chi connectivity index (χ4v) is 2.07. The Bertz CT molecular complexity index is 592. The van der Waals surface area contributed by atoms with E-state index in [2.05, 4.69) is 15.5 Å². The molecule has 0 spiro atoms. The Morgan fingerprint density at radius 3 is 2.84 bits per heavy atom. The minimum absolute atomic E-state index is 0.0740. The second-order valence-electron chi connectivity index (χ2n) is 3.67. The van der Waals surface area contributed by atoms with Crippen molar-refractivity contribution >= 4 is 28.4 Å². The molecule has 0 aliphatic rings. The quantitative estimate of drug-likeness (QED) is 0.514. The largest absolute Gasteiger partial charge is 0.269 e. The molecule has 2 rings (SSSR count). The Labute approximate surface area is 114 Å². The molecule has 0 atom stereocenters. The Morgan fingerprint density at radius 1 is 1.47 bits per heavy atom. The third-order valence-electron chi connectivity index (χ3n) is 2.31. The molecule has 1 N–H and O–H groups in total. The van der Waals surface area contributed by atoms with Crippen molar-refractivity contribution in [1.82, 2.24) is 4.98 Å². The maximum absolute atomic E-state index is 10.6. The minimum Gasteiger partial charge on any atom is -0.258 e. The van der Waals surface area contributed by atoms with Crippen LogP contribution >= 0.6 is 11.3 Å². The lowest BCUT2D eigenvalue weighted by atomic mass is 10.1. The maximum Gasteiger partial charge on any atom is 0.269 e. The highest BCUT2D eigenvalue weighted by Gasteiger charge is 2.07. The summed E-state index contributed by atoms with van der Waals surface area (Å²) in [5.41, 5.74) is 4.52. The fraction of sp³-hybridized carbons (Fsp3) is 0.167. The van der Waals surface area contributed by atoms with Gasteiger partial charge in [0, 0.05) is 29.3 Å². The van der Waals surface area contributed by atoms with E-state index in [1.54, 1.807) is 18.3 Å². The van der Waals surface area contributed by atoms with Crippen LogP contribution in [0.1, 0.15) is 13.3 Å². The zero-order valence-corrected chi connectivity index (χ0v) is 11.1. The normalized spacial score (nSPS) is 10.8. The van der Waals surface area contributed by atoms with E-state index in [-0.39, 0.29) is 5.69 Å². The van der Waals surface area contributed by atoms with Gasteiger partial charge in [0.1, 0.15) is 0 Å². The van der Waals surface area contributed by atoms with Crippen LogP contribution in [0.25, 0.3) is 11.3 Å². The van der Waals surface area contributed by atoms with Crippen molar-refractivity contribution in [3.8, 4) is 11.3 Å². The van der Waals surface area contributed by atoms with Gasteiger partial charge < -0.3 is 0 Å². The lowest BCUT2D eigenvalue weighted by Crippen LogP contribution is -1.89. The number of non-ortho nitro benzene ring substituents is 1. The number of anilines is 1. The Hall–Kier alpha value is -2.28. The van der Waals surface area contributed by atoms with Gasteiger partial charge in [-0.1, -0.05) is 6.92 Å². The number of nitrogens with zero attached hydrogens (tertiary/aromatic N) is 3. The van der Waals surface area contributed by atoms with Gasteiger partial charge in [-0.3, -0.25) is 15.5 Å². The van der Waals surface area contributed by atoms with E-state index in [0.29, 0.717) is 5.13 Å². The van der Waals surface area contributed by atoms with Crippen LogP contribution in [0, 0.1) is 10.1 Å². The van der Waals surface area contributed by atoms with Crippen LogP contribution in [0.4, 0.5) is 10.8 Å². The summed E-state index contributed by atoms with van der Waals surface area (Å²) in [6.45, 7) is 2.00. The van der Waals surface area contributed by atoms with Crippen LogP contribution < -0.4 is 5.43 Å². The third-order valence-corrected chi connectivity index (χ3v) is 3.06. The van der Waals surface area contributed by atoms with Gasteiger partial charge >= 0.3 is 0 Å². The standard InChI is InChI=1S/C12H12N4O2S/c1-2-7-13-15-12-14-11(8-19-12)9-3-5-10(6-4-9)16(17)18/h3-8H,2H2,1H3,(H,14,15)/b13-7+. The number of hydrogen-bond acceptors (Lipinski definition) is 6. The van der Waals surface area contributed by atoms with E-state index in [4.69, 9.17) is 0 Å². The van der Waals surface area contributed by atoms with Gasteiger partial charge in [0.2, 0.25) is 5.13 Å². The van der Waals surface area contributed by atoms with E-state index in [1.165, 1.54) is 23.5 Å². The molecule has 1 aromatic heterocycles. The molecule has 0 unspecified atom stereocenters. The molecule has 0 aliphatic carbocycles. The molecule has 0 fully saturated rings. The number of thiazole rings is 1. The monoisotopic (exact) mass is 276 g/mol. The zero-order valence-electron chi connectivity index (χ0n) is 10.2. The summed E-state index contributed by atoms with van der Waals surface area (Å²) in [7, 11) is 0. The molecule has 1 aromatic carbocycles. The molecule has 1 heterocycles. The van der Waals surface area contributed by atoms with Crippen molar-refractivity contribution < 1.29 is 4.92 Å². The Balaban J connectivity index is 2.13. The summed E-state index contributed by atoms with van der Waals surface area (Å²) >= 11 is 1.44. The van der Waals surface area contributed by atoms with Gasteiger partial charge in [0.25, 0.3) is 5.69 Å². The average Bonchev–Trinajstić information content (AvgIpc) is 2.88. The second kappa shape index (κ2) is 6.05. The Kier molecular flexibility index (Phi) is 4.19. The zero-order chi connectivity index (χ0) is 13.7. The summed E-state index contributed by atoms with van der Waals surface area (Å²) in [6, 6.07) is 6.31. The highest BCUT2D eigenvalue weighted by Crippen LogP contribution is 2.26. The molecule has 2 aromatic rings. The van der Waals surface area contributed by atoms with Crippen LogP contribution in [-0.2, 0) is 0 Å². The number of hydrogen-bond donors (Lipinski definition) is 1. The molecule has 0 amide bonds. The summed E-state index contributed by atoms with van der Waals surface area (Å²) in [5.74, 6) is 0. The maximum atomic E-state index is 10.6. The smallest absolute Gasteiger partial charge is 0.258 e. The van der Waals surface area contributed by atoms with Gasteiger partial charge in [0.05, 0.1) is 10.6 Å². The van der Waals surface area contributed by atoms with Gasteiger partial charge in [-0.15, -0.1) is 11.3 Å². The lowest BCUT2D eigenvalue weighted by molar-refractivity contribution is -0.384. The van der Waals surface area contributed by atoms with Gasteiger partial charge in [0.15, 0.2) is 0 Å². The molecule has 98 valence electrons. The van der Waals surface area contributed by atoms with E-state index in [1.807, 2.05) is 12.3 Å². The van der Waals surface area contributed by atoms with Crippen LogP contribution in [0.3, 0.4) is 0 Å². The van der Waals surface area contributed by atoms with Crippen molar-refractivity contribution in [3.05, 3.63) is 39.8 Å². The van der Waals surface area contributed by atoms with Crippen LogP contribution in [0.15, 0.2) is 34.7 Å². The topological polar surface area (TPSA) is 80.4 Å². The van der Waals surface area contributed by atoms with Crippen LogP contribution in [-0.4, -0.2) is 16.1 Å². The Morgan fingerprint density at radius 2 is 2.21 bits per heavy atom. The summed E-state index contributed by atoms with van der Waals surface area (Å²) < 4.78 is 0. The molecule has 0 bridgehead atoms. The molecule has 0 radical (unpaired) electrons. The number of nitro groups is 1. The summed E-state index contributed by atoms with van der Waals surface area (Å²) in [4.78, 5) is 14.5. The minimum atomic E-state index is -0.419. The van der Waals surface area contributed by atoms with Crippen molar-refractivity contribution in [2.75, 3.05) is 5.43 Å². The van der Waals surface area contributed by atoms with Crippen molar-refractivity contribution in [3.63, 3.8) is 0 Å². The predicted molar refractivity (Wildman–Crippen MR) is 76.6 cm³/mol. The van der Waals surface area contributed by atoms with Crippen molar-refractivity contribution in [2.24, 2.45) is 5.10 Å². The van der Waals surface area contributed by atoms with Crippen molar-refractivity contribution in [1.29, 1.82) is 0 Å². The summed E-state index contributed by atoms with van der Waals surface area (Å²) in [6.07, 6.45) is 2.61. The van der Waals surface area contributed by atoms with Gasteiger partial charge in [-0.05, 0) is 18.6 Å². The molecule has 7 heteroatoms. The number of hydrazone groups is 1. The van der Waals surface area contributed by atoms with Gasteiger partial charge in [-0.2, -0.15) is 5.10 Å². The first-order valence-corrected chi connectivity index (χ1v) is 6.56. The number of benzene rings is 1. The highest BCUT2D eigenvalue weighted by atomic mass is 32.1. The second-order valence-corrected chi connectivity index (χ2v) is 4.53. The molecule has 19 heavy (non-hydrogen) atoms.